The van der Waals surface area contributed by atoms with Crippen molar-refractivity contribution in [1.82, 2.24) is 0 Å². The van der Waals surface area contributed by atoms with Crippen LogP contribution in [0.5, 0.6) is 5.75 Å². The molecule has 1 aromatic carbocycles. The van der Waals surface area contributed by atoms with Crippen molar-refractivity contribution in [3.63, 3.8) is 0 Å². The number of halogens is 1. The third kappa shape index (κ3) is 2.08. The number of hydrogen-bond acceptors (Lipinski definition) is 3. The maximum atomic E-state index is 10.2. The van der Waals surface area contributed by atoms with Crippen LogP contribution in [-0.2, 0) is 24.2 Å². The highest BCUT2D eigenvalue weighted by Gasteiger charge is 2.21. The second-order valence-electron chi connectivity index (χ2n) is 4.34. The highest BCUT2D eigenvalue weighted by molar-refractivity contribution is 6.33. The third-order valence-corrected chi connectivity index (χ3v) is 3.84. The summed E-state index contributed by atoms with van der Waals surface area (Å²) in [5.41, 5.74) is 3.95. The van der Waals surface area contributed by atoms with Crippen molar-refractivity contribution in [1.29, 1.82) is 0 Å². The molecule has 0 atom stereocenters. The summed E-state index contributed by atoms with van der Waals surface area (Å²) in [6.07, 6.45) is 5.65. The molecule has 0 amide bonds. The number of hydrogen-bond donors (Lipinski definition) is 1. The van der Waals surface area contributed by atoms with Gasteiger partial charge in [-0.15, -0.1) is 0 Å². The molecule has 4 heteroatoms. The number of benzene rings is 1. The summed E-state index contributed by atoms with van der Waals surface area (Å²) in [6, 6.07) is 0. The van der Waals surface area contributed by atoms with Crippen LogP contribution in [0.3, 0.4) is 0 Å². The van der Waals surface area contributed by atoms with Gasteiger partial charge in [0.25, 0.3) is 0 Å². The minimum absolute atomic E-state index is 0.0730. The average Bonchev–Trinajstić information content (AvgIpc) is 2.36. The topological polar surface area (TPSA) is 49.7 Å². The molecule has 0 spiro atoms. The first-order valence-corrected chi connectivity index (χ1v) is 6.10. The number of nitrogens with zero attached hydrogens (tertiary/aromatic N) is 1. The standard InChI is InChI=1S/C13H14ClNO2/c1-8-9-4-2-3-5-10(9)12(14)13(17)11(8)6-15-7-16/h17H,2-6H2,1H3. The van der Waals surface area contributed by atoms with E-state index in [2.05, 4.69) is 4.99 Å². The second kappa shape index (κ2) is 4.91. The van der Waals surface area contributed by atoms with E-state index in [9.17, 15) is 9.90 Å². The molecular formula is C13H14ClNO2. The predicted molar refractivity (Wildman–Crippen MR) is 66.3 cm³/mol. The van der Waals surface area contributed by atoms with Crippen molar-refractivity contribution >= 4 is 17.7 Å². The maximum absolute atomic E-state index is 10.2. The summed E-state index contributed by atoms with van der Waals surface area (Å²) in [7, 11) is 0. The summed E-state index contributed by atoms with van der Waals surface area (Å²) in [4.78, 5) is 13.7. The van der Waals surface area contributed by atoms with Crippen molar-refractivity contribution in [2.24, 2.45) is 4.99 Å². The fourth-order valence-electron chi connectivity index (χ4n) is 2.50. The highest BCUT2D eigenvalue weighted by Crippen LogP contribution is 2.40. The van der Waals surface area contributed by atoms with Gasteiger partial charge < -0.3 is 5.11 Å². The first-order valence-electron chi connectivity index (χ1n) is 5.72. The number of phenols is 1. The fourth-order valence-corrected chi connectivity index (χ4v) is 2.82. The molecule has 1 aliphatic carbocycles. The lowest BCUT2D eigenvalue weighted by molar-refractivity contribution is 0.465. The molecule has 0 fully saturated rings. The van der Waals surface area contributed by atoms with Gasteiger partial charge >= 0.3 is 0 Å². The number of fused-ring (bicyclic) bond motifs is 1. The summed E-state index contributed by atoms with van der Waals surface area (Å²) in [5, 5.41) is 10.5. The van der Waals surface area contributed by atoms with E-state index in [1.165, 1.54) is 11.6 Å². The Balaban J connectivity index is 2.60. The Morgan fingerprint density at radius 3 is 2.65 bits per heavy atom. The average molecular weight is 252 g/mol. The molecule has 0 radical (unpaired) electrons. The summed E-state index contributed by atoms with van der Waals surface area (Å²) < 4.78 is 0. The lowest BCUT2D eigenvalue weighted by Gasteiger charge is -2.22. The van der Waals surface area contributed by atoms with E-state index in [-0.39, 0.29) is 12.3 Å². The van der Waals surface area contributed by atoms with Crippen LogP contribution in [0.25, 0.3) is 0 Å². The fraction of sp³-hybridized carbons (Fsp3) is 0.462. The zero-order valence-corrected chi connectivity index (χ0v) is 10.5. The van der Waals surface area contributed by atoms with Crippen molar-refractivity contribution in [3.05, 3.63) is 27.3 Å². The van der Waals surface area contributed by atoms with Crippen LogP contribution in [-0.4, -0.2) is 11.2 Å². The summed E-state index contributed by atoms with van der Waals surface area (Å²) in [6.45, 7) is 2.10. The molecule has 90 valence electrons. The molecule has 1 N–H and O–H groups in total. The van der Waals surface area contributed by atoms with E-state index in [4.69, 9.17) is 11.6 Å². The van der Waals surface area contributed by atoms with E-state index >= 15 is 0 Å². The predicted octanol–water partition coefficient (Wildman–Crippen LogP) is 3.07. The quantitative estimate of drug-likeness (QED) is 0.649. The van der Waals surface area contributed by atoms with Crippen molar-refractivity contribution in [2.75, 3.05) is 0 Å². The Bertz CT molecular complexity index is 505. The normalized spacial score (nSPS) is 14.0. The molecule has 0 bridgehead atoms. The largest absolute Gasteiger partial charge is 0.506 e. The van der Waals surface area contributed by atoms with Gasteiger partial charge in [0.1, 0.15) is 5.75 Å². The van der Waals surface area contributed by atoms with Crippen LogP contribution < -0.4 is 0 Å². The van der Waals surface area contributed by atoms with Gasteiger partial charge in [-0.3, -0.25) is 0 Å². The number of isocyanates is 1. The van der Waals surface area contributed by atoms with E-state index in [1.807, 2.05) is 6.92 Å². The van der Waals surface area contributed by atoms with Gasteiger partial charge in [-0.25, -0.2) is 9.79 Å². The molecule has 0 aromatic heterocycles. The van der Waals surface area contributed by atoms with Gasteiger partial charge in [-0.1, -0.05) is 11.6 Å². The number of rotatable bonds is 2. The van der Waals surface area contributed by atoms with Crippen molar-refractivity contribution < 1.29 is 9.90 Å². The summed E-state index contributed by atoms with van der Waals surface area (Å²) >= 11 is 6.18. The van der Waals surface area contributed by atoms with Crippen LogP contribution in [0.1, 0.15) is 35.1 Å². The van der Waals surface area contributed by atoms with Gasteiger partial charge in [0, 0.05) is 5.56 Å². The van der Waals surface area contributed by atoms with E-state index in [1.54, 1.807) is 0 Å². The van der Waals surface area contributed by atoms with Gasteiger partial charge in [0.15, 0.2) is 0 Å². The van der Waals surface area contributed by atoms with Crippen LogP contribution in [0.2, 0.25) is 5.02 Å². The number of phenolic OH excluding ortho intramolecular Hbond substituents is 1. The highest BCUT2D eigenvalue weighted by atomic mass is 35.5. The Morgan fingerprint density at radius 1 is 1.35 bits per heavy atom. The molecule has 3 nitrogen and oxygen atoms in total. The molecule has 1 aliphatic rings. The Morgan fingerprint density at radius 2 is 2.00 bits per heavy atom. The van der Waals surface area contributed by atoms with E-state index in [0.29, 0.717) is 10.6 Å². The van der Waals surface area contributed by atoms with Crippen LogP contribution in [0.4, 0.5) is 0 Å². The number of aliphatic imine (C=N–C) groups is 1. The van der Waals surface area contributed by atoms with Gasteiger partial charge in [0.2, 0.25) is 6.08 Å². The van der Waals surface area contributed by atoms with Gasteiger partial charge in [-0.05, 0) is 49.3 Å². The zero-order chi connectivity index (χ0) is 12.4. The molecule has 2 rings (SSSR count). The minimum atomic E-state index is 0.0730. The van der Waals surface area contributed by atoms with Crippen LogP contribution >= 0.6 is 11.6 Å². The molecule has 0 heterocycles. The van der Waals surface area contributed by atoms with E-state index < -0.39 is 0 Å². The SMILES string of the molecule is Cc1c(CN=C=O)c(O)c(Cl)c2c1CCCC2. The van der Waals surface area contributed by atoms with Crippen molar-refractivity contribution in [2.45, 2.75) is 39.2 Å². The van der Waals surface area contributed by atoms with E-state index in [0.717, 1.165) is 36.8 Å². The minimum Gasteiger partial charge on any atom is -0.506 e. The Labute approximate surface area is 105 Å². The maximum Gasteiger partial charge on any atom is 0.235 e. The molecule has 0 aliphatic heterocycles. The van der Waals surface area contributed by atoms with Crippen molar-refractivity contribution in [3.8, 4) is 5.75 Å². The van der Waals surface area contributed by atoms with Crippen LogP contribution in [0, 0.1) is 6.92 Å². The zero-order valence-electron chi connectivity index (χ0n) is 9.72. The molecule has 1 aromatic rings. The monoisotopic (exact) mass is 251 g/mol. The van der Waals surface area contributed by atoms with Gasteiger partial charge in [-0.2, -0.15) is 0 Å². The number of carbonyl (C=O) groups excluding carboxylic acids is 1. The molecule has 0 saturated heterocycles. The first kappa shape index (κ1) is 12.2. The third-order valence-electron chi connectivity index (χ3n) is 3.43. The Hall–Kier alpha value is -1.31. The summed E-state index contributed by atoms with van der Waals surface area (Å²) in [5.74, 6) is 0.0730. The first-order chi connectivity index (χ1) is 8.16. The second-order valence-corrected chi connectivity index (χ2v) is 4.72. The van der Waals surface area contributed by atoms with Crippen LogP contribution in [0.15, 0.2) is 4.99 Å². The smallest absolute Gasteiger partial charge is 0.235 e. The van der Waals surface area contributed by atoms with Gasteiger partial charge in [0.05, 0.1) is 11.6 Å². The lowest BCUT2D eigenvalue weighted by Crippen LogP contribution is -2.08. The molecule has 0 unspecified atom stereocenters. The lowest BCUT2D eigenvalue weighted by atomic mass is 9.86. The molecule has 0 saturated carbocycles. The molecule has 17 heavy (non-hydrogen) atoms. The number of aromatic hydroxyl groups is 1. The Kier molecular flexibility index (Phi) is 3.51. The molecular weight excluding hydrogens is 238 g/mol.